The van der Waals surface area contributed by atoms with E-state index in [1.165, 1.54) is 0 Å². The quantitative estimate of drug-likeness (QED) is 0.881. The van der Waals surface area contributed by atoms with Gasteiger partial charge < -0.3 is 9.64 Å². The van der Waals surface area contributed by atoms with Crippen LogP contribution < -0.4 is 14.4 Å². The van der Waals surface area contributed by atoms with Gasteiger partial charge in [0.05, 0.1) is 11.5 Å². The van der Waals surface area contributed by atoms with Gasteiger partial charge in [-0.05, 0) is 61.9 Å². The second-order valence-corrected chi connectivity index (χ2v) is 7.09. The van der Waals surface area contributed by atoms with Gasteiger partial charge in [0.25, 0.3) is 10.0 Å². The Labute approximate surface area is 137 Å². The van der Waals surface area contributed by atoms with E-state index in [9.17, 15) is 8.42 Å². The minimum absolute atomic E-state index is 0.218. The van der Waals surface area contributed by atoms with Crippen molar-refractivity contribution >= 4 is 21.4 Å². The van der Waals surface area contributed by atoms with E-state index >= 15 is 0 Å². The van der Waals surface area contributed by atoms with E-state index in [-0.39, 0.29) is 4.90 Å². The van der Waals surface area contributed by atoms with Gasteiger partial charge in [-0.15, -0.1) is 0 Å². The van der Waals surface area contributed by atoms with Crippen LogP contribution in [0.3, 0.4) is 0 Å². The first-order chi connectivity index (χ1) is 10.8. The van der Waals surface area contributed by atoms with Gasteiger partial charge in [-0.1, -0.05) is 0 Å². The highest BCUT2D eigenvalue weighted by Gasteiger charge is 2.15. The molecule has 5 nitrogen and oxygen atoms in total. The average Bonchev–Trinajstić information content (AvgIpc) is 2.49. The van der Waals surface area contributed by atoms with E-state index in [2.05, 4.69) is 4.72 Å². The Hall–Kier alpha value is -2.21. The fraction of sp³-hybridized carbons (Fsp3) is 0.294. The summed E-state index contributed by atoms with van der Waals surface area (Å²) in [6.45, 7) is 4.27. The SMILES string of the molecule is CCOc1ccc(S(=O)(=O)Nc2ccc(N(C)C)cc2)cc1C. The van der Waals surface area contributed by atoms with Crippen LogP contribution in [-0.4, -0.2) is 29.1 Å². The second-order valence-electron chi connectivity index (χ2n) is 5.41. The zero-order chi connectivity index (χ0) is 17.0. The van der Waals surface area contributed by atoms with Crippen LogP contribution in [0.15, 0.2) is 47.4 Å². The van der Waals surface area contributed by atoms with Crippen LogP contribution in [0.2, 0.25) is 0 Å². The fourth-order valence-electron chi connectivity index (χ4n) is 2.15. The van der Waals surface area contributed by atoms with Gasteiger partial charge in [0.2, 0.25) is 0 Å². The molecule has 0 heterocycles. The fourth-order valence-corrected chi connectivity index (χ4v) is 3.29. The third-order valence-electron chi connectivity index (χ3n) is 3.39. The molecule has 0 aliphatic carbocycles. The maximum atomic E-state index is 12.5. The van der Waals surface area contributed by atoms with Crippen molar-refractivity contribution < 1.29 is 13.2 Å². The number of ether oxygens (including phenoxy) is 1. The van der Waals surface area contributed by atoms with Crippen LogP contribution in [0.1, 0.15) is 12.5 Å². The largest absolute Gasteiger partial charge is 0.494 e. The summed E-state index contributed by atoms with van der Waals surface area (Å²) in [5.41, 5.74) is 2.32. The van der Waals surface area contributed by atoms with Crippen molar-refractivity contribution in [2.24, 2.45) is 0 Å². The van der Waals surface area contributed by atoms with Gasteiger partial charge in [0.1, 0.15) is 5.75 Å². The maximum absolute atomic E-state index is 12.5. The molecule has 0 atom stereocenters. The lowest BCUT2D eigenvalue weighted by Gasteiger charge is -2.14. The van der Waals surface area contributed by atoms with Crippen LogP contribution in [0.4, 0.5) is 11.4 Å². The number of nitrogens with one attached hydrogen (secondary N) is 1. The van der Waals surface area contributed by atoms with Crippen molar-refractivity contribution in [2.45, 2.75) is 18.7 Å². The van der Waals surface area contributed by atoms with Crippen LogP contribution in [0.5, 0.6) is 5.75 Å². The van der Waals surface area contributed by atoms with Gasteiger partial charge >= 0.3 is 0 Å². The molecule has 2 aromatic carbocycles. The molecule has 0 bridgehead atoms. The van der Waals surface area contributed by atoms with Crippen LogP contribution in [0.25, 0.3) is 0 Å². The molecule has 0 aromatic heterocycles. The number of nitrogens with zero attached hydrogens (tertiary/aromatic N) is 1. The molecule has 124 valence electrons. The molecular weight excluding hydrogens is 312 g/mol. The number of sulfonamides is 1. The van der Waals surface area contributed by atoms with E-state index in [0.29, 0.717) is 18.0 Å². The molecule has 0 aliphatic heterocycles. The minimum Gasteiger partial charge on any atom is -0.494 e. The summed E-state index contributed by atoms with van der Waals surface area (Å²) in [6, 6.07) is 12.1. The zero-order valence-electron chi connectivity index (χ0n) is 13.8. The second kappa shape index (κ2) is 6.91. The Bertz CT molecular complexity index is 769. The van der Waals surface area contributed by atoms with Crippen molar-refractivity contribution in [1.82, 2.24) is 0 Å². The predicted octanol–water partition coefficient (Wildman–Crippen LogP) is 3.26. The monoisotopic (exact) mass is 334 g/mol. The molecule has 0 aliphatic rings. The van der Waals surface area contributed by atoms with Crippen LogP contribution in [0, 0.1) is 6.92 Å². The van der Waals surface area contributed by atoms with E-state index < -0.39 is 10.0 Å². The summed E-state index contributed by atoms with van der Waals surface area (Å²) in [5, 5.41) is 0. The lowest BCUT2D eigenvalue weighted by atomic mass is 10.2. The number of benzene rings is 2. The van der Waals surface area contributed by atoms with Crippen molar-refractivity contribution in [3.05, 3.63) is 48.0 Å². The van der Waals surface area contributed by atoms with Gasteiger partial charge in [-0.3, -0.25) is 4.72 Å². The first-order valence-corrected chi connectivity index (χ1v) is 8.85. The number of aryl methyl sites for hydroxylation is 1. The lowest BCUT2D eigenvalue weighted by molar-refractivity contribution is 0.337. The molecule has 0 saturated carbocycles. The molecule has 6 heteroatoms. The zero-order valence-corrected chi connectivity index (χ0v) is 14.6. The molecule has 23 heavy (non-hydrogen) atoms. The minimum atomic E-state index is -3.62. The van der Waals surface area contributed by atoms with Crippen molar-refractivity contribution in [3.63, 3.8) is 0 Å². The summed E-state index contributed by atoms with van der Waals surface area (Å²) < 4.78 is 33.0. The predicted molar refractivity (Wildman–Crippen MR) is 93.9 cm³/mol. The Morgan fingerprint density at radius 1 is 1.09 bits per heavy atom. The smallest absolute Gasteiger partial charge is 0.261 e. The Morgan fingerprint density at radius 2 is 1.74 bits per heavy atom. The third kappa shape index (κ3) is 4.16. The van der Waals surface area contributed by atoms with E-state index in [4.69, 9.17) is 4.74 Å². The Balaban J connectivity index is 2.23. The van der Waals surface area contributed by atoms with Gasteiger partial charge in [0, 0.05) is 25.5 Å². The summed E-state index contributed by atoms with van der Waals surface area (Å²) >= 11 is 0. The topological polar surface area (TPSA) is 58.6 Å². The van der Waals surface area contributed by atoms with Crippen LogP contribution in [-0.2, 0) is 10.0 Å². The standard InChI is InChI=1S/C17H22N2O3S/c1-5-22-17-11-10-16(12-13(17)2)23(20,21)18-14-6-8-15(9-7-14)19(3)4/h6-12,18H,5H2,1-4H3. The number of rotatable bonds is 6. The maximum Gasteiger partial charge on any atom is 0.261 e. The molecule has 0 saturated heterocycles. The summed E-state index contributed by atoms with van der Waals surface area (Å²) in [6.07, 6.45) is 0. The molecule has 0 amide bonds. The average molecular weight is 334 g/mol. The van der Waals surface area contributed by atoms with Gasteiger partial charge in [0.15, 0.2) is 0 Å². The van der Waals surface area contributed by atoms with E-state index in [0.717, 1.165) is 11.3 Å². The molecule has 0 fully saturated rings. The van der Waals surface area contributed by atoms with Gasteiger partial charge in [-0.25, -0.2) is 8.42 Å². The highest BCUT2D eigenvalue weighted by atomic mass is 32.2. The summed E-state index contributed by atoms with van der Waals surface area (Å²) in [5.74, 6) is 0.696. The highest BCUT2D eigenvalue weighted by Crippen LogP contribution is 2.24. The molecule has 1 N–H and O–H groups in total. The first kappa shape index (κ1) is 17.1. The summed E-state index contributed by atoms with van der Waals surface area (Å²) in [7, 11) is 0.245. The normalized spacial score (nSPS) is 11.1. The Kier molecular flexibility index (Phi) is 5.15. The van der Waals surface area contributed by atoms with E-state index in [1.807, 2.05) is 45.0 Å². The molecule has 2 rings (SSSR count). The van der Waals surface area contributed by atoms with Crippen molar-refractivity contribution in [2.75, 3.05) is 30.3 Å². The number of anilines is 2. The van der Waals surface area contributed by atoms with Crippen molar-refractivity contribution in [3.8, 4) is 5.75 Å². The first-order valence-electron chi connectivity index (χ1n) is 7.37. The number of hydrogen-bond acceptors (Lipinski definition) is 4. The molecule has 0 radical (unpaired) electrons. The summed E-state index contributed by atoms with van der Waals surface area (Å²) in [4.78, 5) is 2.17. The van der Waals surface area contributed by atoms with Crippen LogP contribution >= 0.6 is 0 Å². The van der Waals surface area contributed by atoms with Gasteiger partial charge in [-0.2, -0.15) is 0 Å². The molecule has 2 aromatic rings. The van der Waals surface area contributed by atoms with E-state index in [1.54, 1.807) is 30.3 Å². The van der Waals surface area contributed by atoms with Crippen molar-refractivity contribution in [1.29, 1.82) is 0 Å². The molecule has 0 unspecified atom stereocenters. The lowest BCUT2D eigenvalue weighted by Crippen LogP contribution is -2.14. The molecule has 0 spiro atoms. The molecular formula is C17H22N2O3S. The third-order valence-corrected chi connectivity index (χ3v) is 4.77. The number of hydrogen-bond donors (Lipinski definition) is 1. The highest BCUT2D eigenvalue weighted by molar-refractivity contribution is 7.92. The Morgan fingerprint density at radius 3 is 2.26 bits per heavy atom.